The van der Waals surface area contributed by atoms with Gasteiger partial charge in [-0.05, 0) is 19.1 Å². The summed E-state index contributed by atoms with van der Waals surface area (Å²) >= 11 is 0.891. The van der Waals surface area contributed by atoms with Gasteiger partial charge in [-0.2, -0.15) is 23.5 Å². The van der Waals surface area contributed by atoms with E-state index >= 15 is 0 Å². The van der Waals surface area contributed by atoms with Gasteiger partial charge < -0.3 is 4.98 Å². The molecule has 1 aromatic carbocycles. The lowest BCUT2D eigenvalue weighted by Crippen LogP contribution is -2.16. The Balaban J connectivity index is 1.97. The maximum absolute atomic E-state index is 12.8. The third kappa shape index (κ3) is 4.03. The average Bonchev–Trinajstić information content (AvgIpc) is 2.95. The number of benzene rings is 1. The quantitative estimate of drug-likeness (QED) is 0.544. The summed E-state index contributed by atoms with van der Waals surface area (Å²) in [5.74, 6) is 0.100. The van der Waals surface area contributed by atoms with Crippen LogP contribution in [-0.4, -0.2) is 19.7 Å². The van der Waals surface area contributed by atoms with E-state index < -0.39 is 17.4 Å². The molecule has 27 heavy (non-hydrogen) atoms. The fourth-order valence-electron chi connectivity index (χ4n) is 2.42. The number of hydrogen-bond acceptors (Lipinski definition) is 5. The molecule has 0 atom stereocenters. The Kier molecular flexibility index (Phi) is 5.05. The molecule has 0 saturated carbocycles. The summed E-state index contributed by atoms with van der Waals surface area (Å²) in [5, 5.41) is 13.6. The number of H-pyrrole nitrogens is 1. The van der Waals surface area contributed by atoms with E-state index in [0.717, 1.165) is 11.8 Å². The summed E-state index contributed by atoms with van der Waals surface area (Å²) < 4.78 is 40.1. The highest BCUT2D eigenvalue weighted by Gasteiger charge is 2.33. The van der Waals surface area contributed by atoms with Crippen LogP contribution in [0.4, 0.5) is 13.2 Å². The first-order chi connectivity index (χ1) is 12.8. The van der Waals surface area contributed by atoms with Crippen LogP contribution in [0, 0.1) is 18.3 Å². The predicted octanol–water partition coefficient (Wildman–Crippen LogP) is 3.45. The fourth-order valence-corrected chi connectivity index (χ4v) is 3.30. The number of nitrogens with zero attached hydrogens (tertiary/aromatic N) is 4. The third-order valence-electron chi connectivity index (χ3n) is 3.62. The first-order valence-electron chi connectivity index (χ1n) is 7.65. The zero-order valence-electron chi connectivity index (χ0n) is 13.9. The standard InChI is InChI=1S/C17H12F3N5OS/c1-10-12(8-21)13(25(24-10)11-5-3-2-4-6-11)9-27-16-22-14(17(18,19)20)7-15(26)23-16/h2-7H,9H2,1H3,(H,22,23,26). The second kappa shape index (κ2) is 7.28. The molecule has 0 spiro atoms. The van der Waals surface area contributed by atoms with Crippen LogP contribution in [0.25, 0.3) is 5.69 Å². The first-order valence-corrected chi connectivity index (χ1v) is 8.63. The van der Waals surface area contributed by atoms with E-state index in [2.05, 4.69) is 21.1 Å². The molecule has 0 aliphatic heterocycles. The van der Waals surface area contributed by atoms with Crippen molar-refractivity contribution < 1.29 is 13.2 Å². The number of aryl methyl sites for hydroxylation is 1. The molecule has 0 aliphatic carbocycles. The van der Waals surface area contributed by atoms with Gasteiger partial charge in [0.05, 0.1) is 22.6 Å². The summed E-state index contributed by atoms with van der Waals surface area (Å²) in [5.41, 5.74) is -0.104. The Bertz CT molecular complexity index is 1070. The molecule has 6 nitrogen and oxygen atoms in total. The minimum Gasteiger partial charge on any atom is -0.301 e. The second-order valence-electron chi connectivity index (χ2n) is 5.49. The van der Waals surface area contributed by atoms with Gasteiger partial charge in [0, 0.05) is 11.8 Å². The minimum absolute atomic E-state index is 0.100. The molecule has 2 aromatic heterocycles. The summed E-state index contributed by atoms with van der Waals surface area (Å²) in [7, 11) is 0. The van der Waals surface area contributed by atoms with Crippen LogP contribution in [0.1, 0.15) is 22.6 Å². The number of thioether (sulfide) groups is 1. The van der Waals surface area contributed by atoms with Gasteiger partial charge in [0.1, 0.15) is 6.07 Å². The number of aromatic amines is 1. The Morgan fingerprint density at radius 2 is 2.00 bits per heavy atom. The average molecular weight is 391 g/mol. The smallest absolute Gasteiger partial charge is 0.301 e. The van der Waals surface area contributed by atoms with E-state index in [1.165, 1.54) is 0 Å². The van der Waals surface area contributed by atoms with Crippen molar-refractivity contribution in [3.8, 4) is 11.8 Å². The predicted molar refractivity (Wildman–Crippen MR) is 92.4 cm³/mol. The second-order valence-corrected chi connectivity index (χ2v) is 6.45. The van der Waals surface area contributed by atoms with Gasteiger partial charge in [0.2, 0.25) is 0 Å². The van der Waals surface area contributed by atoms with Crippen molar-refractivity contribution >= 4 is 11.8 Å². The molecule has 0 radical (unpaired) electrons. The van der Waals surface area contributed by atoms with Gasteiger partial charge >= 0.3 is 6.18 Å². The molecule has 10 heteroatoms. The minimum atomic E-state index is -4.72. The molecule has 0 aliphatic rings. The molecular weight excluding hydrogens is 379 g/mol. The fraction of sp³-hybridized carbons (Fsp3) is 0.176. The molecule has 3 aromatic rings. The van der Waals surface area contributed by atoms with E-state index in [4.69, 9.17) is 0 Å². The lowest BCUT2D eigenvalue weighted by molar-refractivity contribution is -0.141. The van der Waals surface area contributed by atoms with Crippen LogP contribution in [-0.2, 0) is 11.9 Å². The van der Waals surface area contributed by atoms with Crippen LogP contribution < -0.4 is 5.56 Å². The molecule has 0 saturated heterocycles. The summed E-state index contributed by atoms with van der Waals surface area (Å²) in [6.45, 7) is 1.68. The van der Waals surface area contributed by atoms with Gasteiger partial charge in [-0.1, -0.05) is 30.0 Å². The molecule has 3 rings (SSSR count). The zero-order chi connectivity index (χ0) is 19.6. The van der Waals surface area contributed by atoms with Gasteiger partial charge in [0.25, 0.3) is 5.56 Å². The van der Waals surface area contributed by atoms with Gasteiger partial charge in [0.15, 0.2) is 10.9 Å². The number of rotatable bonds is 4. The highest BCUT2D eigenvalue weighted by atomic mass is 32.2. The van der Waals surface area contributed by atoms with E-state index in [0.29, 0.717) is 28.7 Å². The van der Waals surface area contributed by atoms with Crippen LogP contribution in [0.15, 0.2) is 46.3 Å². The van der Waals surface area contributed by atoms with Crippen LogP contribution in [0.5, 0.6) is 0 Å². The number of halogens is 3. The highest BCUT2D eigenvalue weighted by Crippen LogP contribution is 2.29. The van der Waals surface area contributed by atoms with Crippen molar-refractivity contribution in [3.63, 3.8) is 0 Å². The Labute approximate surface area is 155 Å². The van der Waals surface area contributed by atoms with Crippen LogP contribution in [0.3, 0.4) is 0 Å². The van der Waals surface area contributed by atoms with E-state index in [-0.39, 0.29) is 10.9 Å². The van der Waals surface area contributed by atoms with Crippen LogP contribution in [0.2, 0.25) is 0 Å². The molecular formula is C17H12F3N5OS. The molecule has 2 heterocycles. The van der Waals surface area contributed by atoms with Crippen molar-refractivity contribution in [3.05, 3.63) is 69.4 Å². The zero-order valence-corrected chi connectivity index (χ0v) is 14.7. The number of alkyl halides is 3. The summed E-state index contributed by atoms with van der Waals surface area (Å²) in [4.78, 5) is 17.2. The molecule has 0 bridgehead atoms. The first kappa shape index (κ1) is 18.7. The van der Waals surface area contributed by atoms with Crippen molar-refractivity contribution in [1.29, 1.82) is 5.26 Å². The number of nitriles is 1. The number of hydrogen-bond donors (Lipinski definition) is 1. The van der Waals surface area contributed by atoms with Crippen molar-refractivity contribution in [2.45, 2.75) is 24.0 Å². The van der Waals surface area contributed by atoms with Crippen molar-refractivity contribution in [1.82, 2.24) is 19.7 Å². The summed E-state index contributed by atoms with van der Waals surface area (Å²) in [6, 6.07) is 11.5. The van der Waals surface area contributed by atoms with E-state index in [1.807, 2.05) is 6.07 Å². The Morgan fingerprint density at radius 1 is 1.30 bits per heavy atom. The number of aromatic nitrogens is 4. The van der Waals surface area contributed by atoms with Gasteiger partial charge in [-0.15, -0.1) is 0 Å². The SMILES string of the molecule is Cc1nn(-c2ccccc2)c(CSc2nc(C(F)(F)F)cc(=O)[nH]2)c1C#N. The normalized spacial score (nSPS) is 11.4. The lowest BCUT2D eigenvalue weighted by Gasteiger charge is -2.09. The van der Waals surface area contributed by atoms with E-state index in [9.17, 15) is 23.2 Å². The Morgan fingerprint density at radius 3 is 2.63 bits per heavy atom. The molecule has 0 fully saturated rings. The Hall–Kier alpha value is -3.06. The largest absolute Gasteiger partial charge is 0.433 e. The van der Waals surface area contributed by atoms with Crippen LogP contribution >= 0.6 is 11.8 Å². The molecule has 0 amide bonds. The molecule has 138 valence electrons. The maximum Gasteiger partial charge on any atom is 0.433 e. The topological polar surface area (TPSA) is 87.4 Å². The summed E-state index contributed by atoms with van der Waals surface area (Å²) in [6.07, 6.45) is -4.72. The van der Waals surface area contributed by atoms with Crippen molar-refractivity contribution in [2.75, 3.05) is 0 Å². The third-order valence-corrected chi connectivity index (χ3v) is 4.51. The molecule has 1 N–H and O–H groups in total. The van der Waals surface area contributed by atoms with E-state index in [1.54, 1.807) is 35.9 Å². The highest BCUT2D eigenvalue weighted by molar-refractivity contribution is 7.98. The lowest BCUT2D eigenvalue weighted by atomic mass is 10.2. The van der Waals surface area contributed by atoms with Gasteiger partial charge in [-0.3, -0.25) is 4.79 Å². The number of para-hydroxylation sites is 1. The van der Waals surface area contributed by atoms with Crippen molar-refractivity contribution in [2.24, 2.45) is 0 Å². The van der Waals surface area contributed by atoms with Gasteiger partial charge in [-0.25, -0.2) is 9.67 Å². The maximum atomic E-state index is 12.8. The number of nitrogens with one attached hydrogen (secondary N) is 1. The monoisotopic (exact) mass is 391 g/mol. The molecule has 0 unspecified atom stereocenters.